The molecule has 0 aliphatic carbocycles. The number of rotatable bonds is 2. The fourth-order valence-electron chi connectivity index (χ4n) is 1.95. The number of hydrogen-bond acceptors (Lipinski definition) is 1. The van der Waals surface area contributed by atoms with Gasteiger partial charge in [0.25, 0.3) is 0 Å². The zero-order chi connectivity index (χ0) is 12.4. The monoisotopic (exact) mass is 352 g/mol. The Morgan fingerprint density at radius 1 is 0.944 bits per heavy atom. The first-order chi connectivity index (χ1) is 8.83. The van der Waals surface area contributed by atoms with Crippen molar-refractivity contribution in [2.45, 2.75) is 10.9 Å². The third kappa shape index (κ3) is 2.46. The topological polar surface area (TPSA) is 9.23 Å². The van der Waals surface area contributed by atoms with Crippen molar-refractivity contribution >= 4 is 27.1 Å². The molecule has 1 aliphatic rings. The van der Waals surface area contributed by atoms with Gasteiger partial charge in [-0.1, -0.05) is 0 Å². The molecule has 2 aromatic rings. The predicted molar refractivity (Wildman–Crippen MR) is 75.2 cm³/mol. The first-order valence-corrected chi connectivity index (χ1v) is 8.30. The summed E-state index contributed by atoms with van der Waals surface area (Å²) in [5.74, 6) is 1.06. The van der Waals surface area contributed by atoms with E-state index < -0.39 is 21.3 Å². The van der Waals surface area contributed by atoms with E-state index >= 15 is 0 Å². The Labute approximate surface area is 118 Å². The van der Waals surface area contributed by atoms with Gasteiger partial charge in [0, 0.05) is 0 Å². The molecule has 0 bridgehead atoms. The van der Waals surface area contributed by atoms with Gasteiger partial charge in [-0.3, -0.25) is 0 Å². The van der Waals surface area contributed by atoms with Crippen LogP contribution in [0, 0.1) is 6.92 Å². The van der Waals surface area contributed by atoms with Crippen LogP contribution in [0.4, 0.5) is 0 Å². The summed E-state index contributed by atoms with van der Waals surface area (Å²) in [5.41, 5.74) is 3.86. The second-order valence-corrected chi connectivity index (χ2v) is 6.88. The van der Waals surface area contributed by atoms with Crippen molar-refractivity contribution in [1.82, 2.24) is 0 Å². The van der Waals surface area contributed by atoms with E-state index in [-0.39, 0.29) is 0 Å². The molecule has 1 unspecified atom stereocenters. The molecule has 0 aromatic heterocycles. The molecule has 2 aromatic carbocycles. The molecule has 1 nitrogen and oxygen atoms in total. The maximum atomic E-state index is 5.94. The molecule has 1 atom stereocenters. The van der Waals surface area contributed by atoms with Crippen molar-refractivity contribution in [3.63, 3.8) is 0 Å². The van der Waals surface area contributed by atoms with Gasteiger partial charge in [0.15, 0.2) is 0 Å². The molecule has 3 rings (SSSR count). The zero-order valence-electron chi connectivity index (χ0n) is 10.2. The van der Waals surface area contributed by atoms with Gasteiger partial charge in [0.1, 0.15) is 0 Å². The summed E-state index contributed by atoms with van der Waals surface area (Å²) in [6.07, 6.45) is 2.28. The van der Waals surface area contributed by atoms with E-state index in [1.165, 1.54) is 16.7 Å². The Morgan fingerprint density at radius 3 is 2.39 bits per heavy atom. The summed E-state index contributed by atoms with van der Waals surface area (Å²) in [5, 5.41) is 0. The molecule has 0 fully saturated rings. The van der Waals surface area contributed by atoms with Crippen molar-refractivity contribution < 1.29 is 3.10 Å². The molecule has 0 spiro atoms. The molecule has 2 heteroatoms. The predicted octanol–water partition coefficient (Wildman–Crippen LogP) is 3.73. The van der Waals surface area contributed by atoms with Crippen LogP contribution in [0.15, 0.2) is 60.7 Å². The molecule has 0 amide bonds. The fraction of sp³-hybridized carbons (Fsp3) is 0.125. The first kappa shape index (κ1) is 11.8. The Balaban J connectivity index is 1.86. The van der Waals surface area contributed by atoms with Crippen LogP contribution in [0.5, 0.6) is 0 Å². The number of hydrogen-bond donors (Lipinski definition) is 0. The van der Waals surface area contributed by atoms with Crippen molar-refractivity contribution in [2.24, 2.45) is 0 Å². The maximum absolute atomic E-state index is 5.94. The third-order valence-electron chi connectivity index (χ3n) is 3.01. The van der Waals surface area contributed by atoms with Gasteiger partial charge in [-0.2, -0.15) is 0 Å². The Morgan fingerprint density at radius 2 is 1.67 bits per heavy atom. The standard InChI is InChI=1S/C16H14OTe/c1-12-7-9-13(10-8-12)15-11-16(18-17-15)14-5-3-2-4-6-14/h2-11,16H,1H3. The summed E-state index contributed by atoms with van der Waals surface area (Å²) in [6, 6.07) is 19.2. The van der Waals surface area contributed by atoms with E-state index in [2.05, 4.69) is 67.6 Å². The van der Waals surface area contributed by atoms with Crippen LogP contribution in [0.3, 0.4) is 0 Å². The van der Waals surface area contributed by atoms with E-state index in [0.29, 0.717) is 3.97 Å². The summed E-state index contributed by atoms with van der Waals surface area (Å²) < 4.78 is 6.44. The van der Waals surface area contributed by atoms with Crippen LogP contribution >= 0.6 is 0 Å². The first-order valence-electron chi connectivity index (χ1n) is 6.00. The van der Waals surface area contributed by atoms with Gasteiger partial charge >= 0.3 is 118 Å². The van der Waals surface area contributed by atoms with Crippen molar-refractivity contribution in [3.05, 3.63) is 77.4 Å². The van der Waals surface area contributed by atoms with Crippen molar-refractivity contribution in [1.29, 1.82) is 0 Å². The van der Waals surface area contributed by atoms with Gasteiger partial charge in [0.2, 0.25) is 0 Å². The summed E-state index contributed by atoms with van der Waals surface area (Å²) in [7, 11) is 0. The van der Waals surface area contributed by atoms with E-state index in [1.807, 2.05) is 0 Å². The second-order valence-electron chi connectivity index (χ2n) is 4.41. The normalized spacial score (nSPS) is 18.3. The Bertz CT molecular complexity index is 557. The number of benzene rings is 2. The van der Waals surface area contributed by atoms with Crippen LogP contribution in [-0.2, 0) is 3.10 Å². The van der Waals surface area contributed by atoms with E-state index in [0.717, 1.165) is 5.76 Å². The zero-order valence-corrected chi connectivity index (χ0v) is 12.5. The summed E-state index contributed by atoms with van der Waals surface area (Å²) >= 11 is -0.453. The van der Waals surface area contributed by atoms with Crippen molar-refractivity contribution in [2.75, 3.05) is 0 Å². The number of aryl methyl sites for hydroxylation is 1. The molecular formula is C16H14OTe. The quantitative estimate of drug-likeness (QED) is 0.751. The minimum atomic E-state index is -0.453. The third-order valence-corrected chi connectivity index (χ3v) is 5.55. The van der Waals surface area contributed by atoms with Gasteiger partial charge in [-0.05, 0) is 0 Å². The fourth-order valence-corrected chi connectivity index (χ4v) is 4.26. The average molecular weight is 350 g/mol. The van der Waals surface area contributed by atoms with Crippen LogP contribution in [0.2, 0.25) is 0 Å². The summed E-state index contributed by atoms with van der Waals surface area (Å²) in [6.45, 7) is 2.11. The Kier molecular flexibility index (Phi) is 3.41. The van der Waals surface area contributed by atoms with Crippen molar-refractivity contribution in [3.8, 4) is 0 Å². The van der Waals surface area contributed by atoms with Gasteiger partial charge in [-0.25, -0.2) is 0 Å². The Hall–Kier alpha value is -1.23. The van der Waals surface area contributed by atoms with Gasteiger partial charge in [-0.15, -0.1) is 0 Å². The van der Waals surface area contributed by atoms with Crippen LogP contribution < -0.4 is 0 Å². The SMILES string of the molecule is Cc1ccc(C2=CC(c3ccccc3)[Te]O2)cc1. The molecule has 0 saturated heterocycles. The minimum absolute atomic E-state index is 0.453. The van der Waals surface area contributed by atoms with Crippen LogP contribution in [0.1, 0.15) is 20.7 Å². The molecule has 90 valence electrons. The van der Waals surface area contributed by atoms with E-state index in [9.17, 15) is 0 Å². The molecule has 1 aliphatic heterocycles. The van der Waals surface area contributed by atoms with E-state index in [1.54, 1.807) is 0 Å². The van der Waals surface area contributed by atoms with Crippen LogP contribution in [-0.4, -0.2) is 21.3 Å². The van der Waals surface area contributed by atoms with E-state index in [4.69, 9.17) is 3.10 Å². The second kappa shape index (κ2) is 5.18. The van der Waals surface area contributed by atoms with Gasteiger partial charge in [0.05, 0.1) is 0 Å². The number of allylic oxidation sites excluding steroid dienone is 1. The van der Waals surface area contributed by atoms with Gasteiger partial charge < -0.3 is 0 Å². The molecule has 0 radical (unpaired) electrons. The van der Waals surface area contributed by atoms with Crippen LogP contribution in [0.25, 0.3) is 5.76 Å². The molecule has 0 saturated carbocycles. The molecule has 1 heterocycles. The molecular weight excluding hydrogens is 336 g/mol. The molecule has 0 N–H and O–H groups in total. The summed E-state index contributed by atoms with van der Waals surface area (Å²) in [4.78, 5) is 0. The molecule has 18 heavy (non-hydrogen) atoms. The average Bonchev–Trinajstić information content (AvgIpc) is 2.90.